The van der Waals surface area contributed by atoms with E-state index in [0.29, 0.717) is 12.0 Å². The van der Waals surface area contributed by atoms with Crippen molar-refractivity contribution in [3.8, 4) is 5.75 Å². The van der Waals surface area contributed by atoms with Crippen LogP contribution in [0.5, 0.6) is 5.75 Å². The minimum absolute atomic E-state index is 0.0240. The summed E-state index contributed by atoms with van der Waals surface area (Å²) in [4.78, 5) is 47.2. The predicted octanol–water partition coefficient (Wildman–Crippen LogP) is 1.93. The van der Waals surface area contributed by atoms with Crippen LogP contribution in [0.3, 0.4) is 0 Å². The zero-order valence-corrected chi connectivity index (χ0v) is 22.6. The summed E-state index contributed by atoms with van der Waals surface area (Å²) in [5, 5.41) is 36.7. The van der Waals surface area contributed by atoms with Gasteiger partial charge in [-0.05, 0) is 41.7 Å². The molecule has 13 heteroatoms. The number of aliphatic hydroxyl groups excluding tert-OH is 2. The van der Waals surface area contributed by atoms with Crippen molar-refractivity contribution in [2.24, 2.45) is 0 Å². The molecular formula is C26H36N2O10S. The Labute approximate surface area is 231 Å². The van der Waals surface area contributed by atoms with Crippen molar-refractivity contribution in [1.82, 2.24) is 5.32 Å². The van der Waals surface area contributed by atoms with Crippen LogP contribution in [0, 0.1) is 0 Å². The third-order valence-electron chi connectivity index (χ3n) is 5.66. The third-order valence-corrected chi connectivity index (χ3v) is 6.42. The first-order chi connectivity index (χ1) is 18.6. The molecule has 2 amide bonds. The normalized spacial score (nSPS) is 20.5. The van der Waals surface area contributed by atoms with Crippen LogP contribution in [-0.4, -0.2) is 76.0 Å². The van der Waals surface area contributed by atoms with E-state index in [1.54, 1.807) is 23.2 Å². The molecule has 12 nitrogen and oxygen atoms in total. The maximum atomic E-state index is 12.6. The molecule has 1 aliphatic rings. The average Bonchev–Trinajstić information content (AvgIpc) is 2.88. The van der Waals surface area contributed by atoms with Crippen LogP contribution in [0.4, 0.5) is 5.69 Å². The van der Waals surface area contributed by atoms with Gasteiger partial charge in [0.2, 0.25) is 18.1 Å². The maximum absolute atomic E-state index is 12.6. The number of hydrogen-bond acceptors (Lipinski definition) is 10. The lowest BCUT2D eigenvalue weighted by molar-refractivity contribution is -0.238. The number of unbranched alkanes of at least 4 members (excludes halogenated alkanes) is 2. The summed E-state index contributed by atoms with van der Waals surface area (Å²) in [6.07, 6.45) is -3.21. The van der Waals surface area contributed by atoms with Gasteiger partial charge in [-0.2, -0.15) is 0 Å². The Balaban J connectivity index is 1.99. The molecular weight excluding hydrogens is 532 g/mol. The number of nitrogens with one attached hydrogen (secondary N) is 2. The van der Waals surface area contributed by atoms with Crippen LogP contribution in [0.25, 0.3) is 0 Å². The number of carbonyl (C=O) groups excluding carboxylic acids is 3. The van der Waals surface area contributed by atoms with E-state index in [1.165, 1.54) is 19.1 Å². The molecule has 0 bridgehead atoms. The van der Waals surface area contributed by atoms with Crippen LogP contribution in [0.1, 0.15) is 51.0 Å². The van der Waals surface area contributed by atoms with Gasteiger partial charge in [-0.3, -0.25) is 14.4 Å². The van der Waals surface area contributed by atoms with E-state index >= 15 is 0 Å². The molecule has 1 heterocycles. The minimum Gasteiger partial charge on any atom is -0.479 e. The average molecular weight is 569 g/mol. The summed E-state index contributed by atoms with van der Waals surface area (Å²) >= 11 is 1.64. The van der Waals surface area contributed by atoms with Crippen molar-refractivity contribution >= 4 is 41.2 Å². The Bertz CT molecular complexity index is 1000. The number of anilines is 1. The second-order valence-corrected chi connectivity index (χ2v) is 9.92. The zero-order chi connectivity index (χ0) is 28.8. The fourth-order valence-electron chi connectivity index (χ4n) is 3.62. The number of amides is 2. The summed E-state index contributed by atoms with van der Waals surface area (Å²) in [5.74, 6) is -1.45. The van der Waals surface area contributed by atoms with Crippen LogP contribution >= 0.6 is 11.8 Å². The highest BCUT2D eigenvalue weighted by Gasteiger charge is 2.41. The van der Waals surface area contributed by atoms with E-state index in [2.05, 4.69) is 17.2 Å². The summed E-state index contributed by atoms with van der Waals surface area (Å²) in [6, 6.07) is 4.46. The van der Waals surface area contributed by atoms with Gasteiger partial charge in [0.1, 0.15) is 18.5 Å². The molecule has 2 rings (SSSR count). The first-order valence-corrected chi connectivity index (χ1v) is 13.6. The Morgan fingerprint density at radius 3 is 2.62 bits per heavy atom. The summed E-state index contributed by atoms with van der Waals surface area (Å²) in [6.45, 7) is 4.92. The Morgan fingerprint density at radius 1 is 1.15 bits per heavy atom. The van der Waals surface area contributed by atoms with Crippen LogP contribution in [-0.2, 0) is 35.3 Å². The van der Waals surface area contributed by atoms with Crippen LogP contribution in [0.15, 0.2) is 30.2 Å². The second-order valence-electron chi connectivity index (χ2n) is 8.85. The number of aliphatic hydroxyl groups is 2. The van der Waals surface area contributed by atoms with Gasteiger partial charge >= 0.3 is 11.9 Å². The molecule has 1 aromatic carbocycles. The minimum atomic E-state index is -1.54. The molecule has 1 saturated heterocycles. The van der Waals surface area contributed by atoms with Crippen molar-refractivity contribution in [3.05, 3.63) is 35.7 Å². The van der Waals surface area contributed by atoms with Gasteiger partial charge in [0.25, 0.3) is 0 Å². The number of esters is 1. The number of carbonyl (C=O) groups is 4. The Hall–Kier alpha value is -3.13. The molecule has 0 spiro atoms. The molecule has 1 fully saturated rings. The van der Waals surface area contributed by atoms with Crippen molar-refractivity contribution in [3.63, 3.8) is 0 Å². The van der Waals surface area contributed by atoms with Crippen molar-refractivity contribution in [2.75, 3.05) is 17.6 Å². The monoisotopic (exact) mass is 568 g/mol. The molecule has 39 heavy (non-hydrogen) atoms. The highest BCUT2D eigenvalue weighted by atomic mass is 32.2. The lowest BCUT2D eigenvalue weighted by atomic mass is 10.0. The third kappa shape index (κ3) is 11.6. The largest absolute Gasteiger partial charge is 0.479 e. The highest BCUT2D eigenvalue weighted by Crippen LogP contribution is 2.31. The molecule has 5 N–H and O–H groups in total. The second kappa shape index (κ2) is 16.7. The summed E-state index contributed by atoms with van der Waals surface area (Å²) in [7, 11) is 0. The van der Waals surface area contributed by atoms with E-state index in [4.69, 9.17) is 14.2 Å². The Morgan fingerprint density at radius 2 is 1.92 bits per heavy atom. The maximum Gasteiger partial charge on any atom is 0.333 e. The van der Waals surface area contributed by atoms with E-state index < -0.39 is 42.4 Å². The summed E-state index contributed by atoms with van der Waals surface area (Å²) in [5.41, 5.74) is 0.650. The van der Waals surface area contributed by atoms with Crippen molar-refractivity contribution in [2.45, 2.75) is 76.7 Å². The molecule has 0 aromatic heterocycles. The molecule has 1 aliphatic heterocycles. The fraction of sp³-hybridized carbons (Fsp3) is 0.538. The molecule has 4 atom stereocenters. The number of carboxylic acid groups (broad SMARTS) is 1. The standard InChI is InChI=1S/C26H36N2O10S/c1-3-39-12-6-4-5-7-22(31)27-11-10-23(32)28-18-13-17(15-36-16(2)29)8-9-20(18)37-26-24(33)19(30)14-21(38-26)25(34)35/h3,8-9,13,19,21,24,26,30,33H,1,4-7,10-12,14-15H2,2H3,(H,27,31)(H,28,32)(H,34,35)/t19?,21?,24-,26?/m1/s1. The number of thioether (sulfide) groups is 1. The lowest BCUT2D eigenvalue weighted by Gasteiger charge is -2.35. The molecule has 0 aliphatic carbocycles. The van der Waals surface area contributed by atoms with Crippen molar-refractivity contribution in [1.29, 1.82) is 0 Å². The SMILES string of the molecule is C=CSCCCCCC(=O)NCCC(=O)Nc1cc(COC(C)=O)ccc1OC1OC(C(=O)O)CC(O)[C@H]1O. The van der Waals surface area contributed by atoms with Crippen LogP contribution < -0.4 is 15.4 Å². The summed E-state index contributed by atoms with van der Waals surface area (Å²) < 4.78 is 15.9. The van der Waals surface area contributed by atoms with Gasteiger partial charge in [0.05, 0.1) is 11.8 Å². The number of ether oxygens (including phenoxy) is 3. The quantitative estimate of drug-likeness (QED) is 0.145. The fourth-order valence-corrected chi connectivity index (χ4v) is 4.16. The molecule has 3 unspecified atom stereocenters. The number of aliphatic carboxylic acids is 1. The van der Waals surface area contributed by atoms with Gasteiger partial charge in [-0.1, -0.05) is 19.1 Å². The van der Waals surface area contributed by atoms with E-state index in [1.807, 2.05) is 0 Å². The first kappa shape index (κ1) is 32.1. The lowest BCUT2D eigenvalue weighted by Crippen LogP contribution is -2.52. The van der Waals surface area contributed by atoms with E-state index in [-0.39, 0.29) is 43.3 Å². The van der Waals surface area contributed by atoms with E-state index in [9.17, 15) is 34.5 Å². The smallest absolute Gasteiger partial charge is 0.333 e. The number of benzene rings is 1. The molecule has 0 saturated carbocycles. The first-order valence-electron chi connectivity index (χ1n) is 12.6. The van der Waals surface area contributed by atoms with Gasteiger partial charge in [-0.15, -0.1) is 11.8 Å². The Kier molecular flexibility index (Phi) is 13.8. The van der Waals surface area contributed by atoms with Gasteiger partial charge < -0.3 is 40.2 Å². The topological polar surface area (TPSA) is 181 Å². The predicted molar refractivity (Wildman–Crippen MR) is 143 cm³/mol. The number of rotatable bonds is 16. The number of hydrogen-bond donors (Lipinski definition) is 5. The molecule has 216 valence electrons. The zero-order valence-electron chi connectivity index (χ0n) is 21.8. The number of carboxylic acids is 1. The van der Waals surface area contributed by atoms with Gasteiger partial charge in [-0.25, -0.2) is 4.79 Å². The van der Waals surface area contributed by atoms with Gasteiger partial charge in [0, 0.05) is 32.7 Å². The van der Waals surface area contributed by atoms with Crippen molar-refractivity contribution < 1.29 is 48.7 Å². The van der Waals surface area contributed by atoms with Gasteiger partial charge in [0.15, 0.2) is 6.10 Å². The highest BCUT2D eigenvalue weighted by molar-refractivity contribution is 8.02. The van der Waals surface area contributed by atoms with E-state index in [0.717, 1.165) is 25.0 Å². The molecule has 0 radical (unpaired) electrons. The van der Waals surface area contributed by atoms with Crippen LogP contribution in [0.2, 0.25) is 0 Å². The molecule has 1 aromatic rings.